The van der Waals surface area contributed by atoms with Gasteiger partial charge < -0.3 is 10.1 Å². The Kier molecular flexibility index (Phi) is 6.33. The molecule has 0 spiro atoms. The summed E-state index contributed by atoms with van der Waals surface area (Å²) in [5.74, 6) is -1.63. The molecule has 2 rings (SSSR count). The predicted octanol–water partition coefficient (Wildman–Crippen LogP) is 3.63. The molecule has 0 aliphatic carbocycles. The average molecular weight is 379 g/mol. The SMILES string of the molecule is CC(=O)c1ccccc1NC(=O)COC(=O)Cc1ccc(C(F)(F)F)cc1. The first-order chi connectivity index (χ1) is 12.7. The van der Waals surface area contributed by atoms with Gasteiger partial charge in [0.2, 0.25) is 0 Å². The van der Waals surface area contributed by atoms with Gasteiger partial charge in [0.1, 0.15) is 0 Å². The molecule has 0 fully saturated rings. The topological polar surface area (TPSA) is 72.5 Å². The number of alkyl halides is 3. The van der Waals surface area contributed by atoms with E-state index in [4.69, 9.17) is 4.74 Å². The van der Waals surface area contributed by atoms with Crippen LogP contribution < -0.4 is 5.32 Å². The van der Waals surface area contributed by atoms with Gasteiger partial charge in [-0.2, -0.15) is 13.2 Å². The molecule has 0 unspecified atom stereocenters. The van der Waals surface area contributed by atoms with Gasteiger partial charge in [0.15, 0.2) is 12.4 Å². The highest BCUT2D eigenvalue weighted by Gasteiger charge is 2.30. The van der Waals surface area contributed by atoms with Crippen LogP contribution in [0.15, 0.2) is 48.5 Å². The molecule has 1 N–H and O–H groups in total. The number of carbonyl (C=O) groups excluding carboxylic acids is 3. The lowest BCUT2D eigenvalue weighted by molar-refractivity contribution is -0.146. The number of nitrogens with one attached hydrogen (secondary N) is 1. The summed E-state index contributed by atoms with van der Waals surface area (Å²) in [6.07, 6.45) is -4.72. The van der Waals surface area contributed by atoms with E-state index in [1.54, 1.807) is 24.3 Å². The second-order valence-corrected chi connectivity index (χ2v) is 5.68. The molecule has 0 saturated heterocycles. The minimum absolute atomic E-state index is 0.231. The minimum Gasteiger partial charge on any atom is -0.455 e. The van der Waals surface area contributed by atoms with E-state index in [9.17, 15) is 27.6 Å². The molecular weight excluding hydrogens is 363 g/mol. The zero-order valence-electron chi connectivity index (χ0n) is 14.3. The van der Waals surface area contributed by atoms with Crippen molar-refractivity contribution in [2.24, 2.45) is 0 Å². The van der Waals surface area contributed by atoms with Crippen molar-refractivity contribution in [2.45, 2.75) is 19.5 Å². The highest BCUT2D eigenvalue weighted by molar-refractivity contribution is 6.04. The molecule has 0 aliphatic heterocycles. The summed E-state index contributed by atoms with van der Waals surface area (Å²) < 4.78 is 42.3. The van der Waals surface area contributed by atoms with Gasteiger partial charge in [-0.15, -0.1) is 0 Å². The summed E-state index contributed by atoms with van der Waals surface area (Å²) >= 11 is 0. The van der Waals surface area contributed by atoms with Crippen LogP contribution in [0.1, 0.15) is 28.4 Å². The Hall–Kier alpha value is -3.16. The lowest BCUT2D eigenvalue weighted by Gasteiger charge is -2.10. The third-order valence-electron chi connectivity index (χ3n) is 3.57. The Labute approximate surface area is 153 Å². The van der Waals surface area contributed by atoms with Crippen LogP contribution in [0.25, 0.3) is 0 Å². The van der Waals surface area contributed by atoms with Crippen LogP contribution in [0, 0.1) is 0 Å². The van der Waals surface area contributed by atoms with Gasteiger partial charge in [-0.1, -0.05) is 24.3 Å². The van der Waals surface area contributed by atoms with Crippen LogP contribution >= 0.6 is 0 Å². The van der Waals surface area contributed by atoms with Crippen LogP contribution in [0.2, 0.25) is 0 Å². The van der Waals surface area contributed by atoms with Gasteiger partial charge in [0, 0.05) is 5.56 Å². The molecule has 0 aliphatic rings. The number of ether oxygens (including phenoxy) is 1. The smallest absolute Gasteiger partial charge is 0.416 e. The number of carbonyl (C=O) groups is 3. The monoisotopic (exact) mass is 379 g/mol. The fourth-order valence-electron chi connectivity index (χ4n) is 2.26. The number of halogens is 3. The van der Waals surface area contributed by atoms with Crippen molar-refractivity contribution >= 4 is 23.3 Å². The Morgan fingerprint density at radius 1 is 1.00 bits per heavy atom. The molecule has 0 saturated carbocycles. The van der Waals surface area contributed by atoms with Crippen molar-refractivity contribution in [3.8, 4) is 0 Å². The maximum absolute atomic E-state index is 12.5. The fraction of sp³-hybridized carbons (Fsp3) is 0.211. The van der Waals surface area contributed by atoms with Crippen molar-refractivity contribution in [1.29, 1.82) is 0 Å². The Morgan fingerprint density at radius 3 is 2.22 bits per heavy atom. The van der Waals surface area contributed by atoms with Crippen molar-refractivity contribution in [2.75, 3.05) is 11.9 Å². The van der Waals surface area contributed by atoms with E-state index in [-0.39, 0.29) is 12.2 Å². The standard InChI is InChI=1S/C19H16F3NO4/c1-12(24)15-4-2-3-5-16(15)23-17(25)11-27-18(26)10-13-6-8-14(9-7-13)19(20,21)22/h2-9H,10-11H2,1H3,(H,23,25). The number of Topliss-reactive ketones (excluding diaryl/α,β-unsaturated/α-hetero) is 1. The van der Waals surface area contributed by atoms with Gasteiger partial charge in [-0.25, -0.2) is 0 Å². The molecule has 0 atom stereocenters. The number of benzene rings is 2. The van der Waals surface area contributed by atoms with Crippen molar-refractivity contribution in [3.63, 3.8) is 0 Å². The van der Waals surface area contributed by atoms with E-state index in [0.29, 0.717) is 16.8 Å². The molecule has 0 aromatic heterocycles. The molecular formula is C19H16F3NO4. The van der Waals surface area contributed by atoms with E-state index in [2.05, 4.69) is 5.32 Å². The van der Waals surface area contributed by atoms with E-state index in [0.717, 1.165) is 12.1 Å². The average Bonchev–Trinajstić information content (AvgIpc) is 2.60. The summed E-state index contributed by atoms with van der Waals surface area (Å²) in [5.41, 5.74) is 0.134. The van der Waals surface area contributed by atoms with Gasteiger partial charge in [0.25, 0.3) is 5.91 Å². The number of amides is 1. The number of anilines is 1. The number of esters is 1. The first kappa shape index (κ1) is 20.2. The molecule has 1 amide bonds. The molecule has 2 aromatic rings. The van der Waals surface area contributed by atoms with Crippen molar-refractivity contribution < 1.29 is 32.3 Å². The van der Waals surface area contributed by atoms with Crippen LogP contribution in [-0.4, -0.2) is 24.3 Å². The van der Waals surface area contributed by atoms with Crippen LogP contribution in [-0.2, 0) is 26.9 Å². The zero-order valence-corrected chi connectivity index (χ0v) is 14.3. The number of ketones is 1. The third kappa shape index (κ3) is 5.95. The van der Waals surface area contributed by atoms with Gasteiger partial charge >= 0.3 is 12.1 Å². The first-order valence-electron chi connectivity index (χ1n) is 7.88. The Morgan fingerprint density at radius 2 is 1.63 bits per heavy atom. The minimum atomic E-state index is -4.45. The zero-order chi connectivity index (χ0) is 20.0. The van der Waals surface area contributed by atoms with E-state index in [1.165, 1.54) is 19.1 Å². The second kappa shape index (κ2) is 8.48. The van der Waals surface area contributed by atoms with E-state index < -0.39 is 30.2 Å². The number of hydrogen-bond donors (Lipinski definition) is 1. The molecule has 27 heavy (non-hydrogen) atoms. The molecule has 0 heterocycles. The summed E-state index contributed by atoms with van der Waals surface area (Å²) in [7, 11) is 0. The summed E-state index contributed by atoms with van der Waals surface area (Å²) in [5, 5.41) is 2.47. The number of hydrogen-bond acceptors (Lipinski definition) is 4. The molecule has 5 nitrogen and oxygen atoms in total. The van der Waals surface area contributed by atoms with Crippen LogP contribution in [0.4, 0.5) is 18.9 Å². The quantitative estimate of drug-likeness (QED) is 0.615. The van der Waals surface area contributed by atoms with E-state index >= 15 is 0 Å². The summed E-state index contributed by atoms with van der Waals surface area (Å²) in [6, 6.07) is 10.5. The van der Waals surface area contributed by atoms with E-state index in [1.807, 2.05) is 0 Å². The highest BCUT2D eigenvalue weighted by Crippen LogP contribution is 2.29. The van der Waals surface area contributed by atoms with Crippen LogP contribution in [0.3, 0.4) is 0 Å². The van der Waals surface area contributed by atoms with Gasteiger partial charge in [-0.05, 0) is 36.8 Å². The lowest BCUT2D eigenvalue weighted by atomic mass is 10.1. The van der Waals surface area contributed by atoms with Gasteiger partial charge in [0.05, 0.1) is 17.7 Å². The first-order valence-corrected chi connectivity index (χ1v) is 7.88. The molecule has 8 heteroatoms. The highest BCUT2D eigenvalue weighted by atomic mass is 19.4. The van der Waals surface area contributed by atoms with Crippen molar-refractivity contribution in [3.05, 3.63) is 65.2 Å². The normalized spacial score (nSPS) is 11.0. The van der Waals surface area contributed by atoms with Crippen molar-refractivity contribution in [1.82, 2.24) is 0 Å². The lowest BCUT2D eigenvalue weighted by Crippen LogP contribution is -2.22. The largest absolute Gasteiger partial charge is 0.455 e. The molecule has 0 bridgehead atoms. The molecule has 142 valence electrons. The molecule has 2 aromatic carbocycles. The Bertz CT molecular complexity index is 845. The Balaban J connectivity index is 1.87. The second-order valence-electron chi connectivity index (χ2n) is 5.68. The fourth-order valence-corrected chi connectivity index (χ4v) is 2.26. The third-order valence-corrected chi connectivity index (χ3v) is 3.57. The maximum atomic E-state index is 12.5. The predicted molar refractivity (Wildman–Crippen MR) is 91.2 cm³/mol. The number of rotatable bonds is 6. The summed E-state index contributed by atoms with van der Waals surface area (Å²) in [4.78, 5) is 35.1. The maximum Gasteiger partial charge on any atom is 0.416 e. The number of para-hydroxylation sites is 1. The summed E-state index contributed by atoms with van der Waals surface area (Å²) in [6.45, 7) is 0.779. The molecule has 0 radical (unpaired) electrons. The van der Waals surface area contributed by atoms with Crippen LogP contribution in [0.5, 0.6) is 0 Å². The van der Waals surface area contributed by atoms with Gasteiger partial charge in [-0.3, -0.25) is 14.4 Å².